The van der Waals surface area contributed by atoms with Crippen LogP contribution in [0.4, 0.5) is 13.2 Å². The molecule has 1 aliphatic rings. The first-order valence-corrected chi connectivity index (χ1v) is 7.07. The van der Waals surface area contributed by atoms with Gasteiger partial charge in [-0.1, -0.05) is 6.92 Å². The topological polar surface area (TPSA) is 28.2 Å². The molecule has 0 aromatic carbocycles. The second kappa shape index (κ2) is 5.38. The third kappa shape index (κ3) is 3.90. The third-order valence-electron chi connectivity index (χ3n) is 3.36. The minimum atomic E-state index is -4.34. The number of hydrogen-bond donors (Lipinski definition) is 1. The Morgan fingerprint density at radius 1 is 1.53 bits per heavy atom. The van der Waals surface area contributed by atoms with E-state index in [-0.39, 0.29) is 5.41 Å². The van der Waals surface area contributed by atoms with E-state index in [0.717, 1.165) is 42.8 Å². The Labute approximate surface area is 114 Å². The van der Waals surface area contributed by atoms with Gasteiger partial charge >= 0.3 is 6.18 Å². The standard InChI is InChI=1S/C12H18F3N3S/c1-11(3-4-16-7-11)8-18(2)5-10-17-9(6-19-10)12(13,14)15/h6,16H,3-5,7-8H2,1-2H3. The number of nitrogens with zero attached hydrogens (tertiary/aromatic N) is 2. The van der Waals surface area contributed by atoms with Gasteiger partial charge in [-0.15, -0.1) is 11.3 Å². The number of rotatable bonds is 4. The molecule has 0 saturated carbocycles. The first kappa shape index (κ1) is 14.7. The van der Waals surface area contributed by atoms with E-state index in [2.05, 4.69) is 17.2 Å². The van der Waals surface area contributed by atoms with E-state index >= 15 is 0 Å². The summed E-state index contributed by atoms with van der Waals surface area (Å²) >= 11 is 1.07. The number of nitrogens with one attached hydrogen (secondary N) is 1. The van der Waals surface area contributed by atoms with Crippen molar-refractivity contribution in [1.29, 1.82) is 0 Å². The van der Waals surface area contributed by atoms with Gasteiger partial charge in [0.15, 0.2) is 5.69 Å². The lowest BCUT2D eigenvalue weighted by molar-refractivity contribution is -0.140. The van der Waals surface area contributed by atoms with Crippen LogP contribution in [-0.4, -0.2) is 36.6 Å². The molecular formula is C12H18F3N3S. The van der Waals surface area contributed by atoms with Crippen LogP contribution in [0.5, 0.6) is 0 Å². The fraction of sp³-hybridized carbons (Fsp3) is 0.750. The molecule has 1 aliphatic heterocycles. The Balaban J connectivity index is 1.92. The van der Waals surface area contributed by atoms with Crippen molar-refractivity contribution in [2.45, 2.75) is 26.1 Å². The van der Waals surface area contributed by atoms with Crippen LogP contribution in [-0.2, 0) is 12.7 Å². The van der Waals surface area contributed by atoms with E-state index < -0.39 is 11.9 Å². The minimum Gasteiger partial charge on any atom is -0.316 e. The molecule has 3 nitrogen and oxygen atoms in total. The summed E-state index contributed by atoms with van der Waals surface area (Å²) in [7, 11) is 1.93. The van der Waals surface area contributed by atoms with Gasteiger partial charge in [-0.05, 0) is 25.4 Å². The molecule has 0 aliphatic carbocycles. The predicted octanol–water partition coefficient (Wildman–Crippen LogP) is 2.59. The largest absolute Gasteiger partial charge is 0.434 e. The maximum Gasteiger partial charge on any atom is 0.434 e. The number of aromatic nitrogens is 1. The van der Waals surface area contributed by atoms with Gasteiger partial charge in [0.05, 0.1) is 6.54 Å². The van der Waals surface area contributed by atoms with Gasteiger partial charge in [-0.2, -0.15) is 13.2 Å². The second-order valence-electron chi connectivity index (χ2n) is 5.53. The summed E-state index contributed by atoms with van der Waals surface area (Å²) < 4.78 is 37.3. The zero-order valence-electron chi connectivity index (χ0n) is 11.0. The molecule has 108 valence electrons. The van der Waals surface area contributed by atoms with Gasteiger partial charge in [0, 0.05) is 18.5 Å². The molecule has 0 bridgehead atoms. The molecular weight excluding hydrogens is 275 g/mol. The van der Waals surface area contributed by atoms with Crippen molar-refractivity contribution in [3.05, 3.63) is 16.1 Å². The van der Waals surface area contributed by atoms with Gasteiger partial charge in [0.25, 0.3) is 0 Å². The first-order valence-electron chi connectivity index (χ1n) is 6.19. The van der Waals surface area contributed by atoms with E-state index in [1.165, 1.54) is 0 Å². The third-order valence-corrected chi connectivity index (χ3v) is 4.19. The van der Waals surface area contributed by atoms with Crippen LogP contribution in [0.1, 0.15) is 24.0 Å². The highest BCUT2D eigenvalue weighted by atomic mass is 32.1. The fourth-order valence-corrected chi connectivity index (χ4v) is 3.34. The van der Waals surface area contributed by atoms with Crippen molar-refractivity contribution in [3.8, 4) is 0 Å². The van der Waals surface area contributed by atoms with Crippen molar-refractivity contribution in [3.63, 3.8) is 0 Å². The molecule has 1 fully saturated rings. The summed E-state index contributed by atoms with van der Waals surface area (Å²) in [6.07, 6.45) is -3.24. The van der Waals surface area contributed by atoms with Gasteiger partial charge in [-0.3, -0.25) is 4.90 Å². The average Bonchev–Trinajstić information content (AvgIpc) is 2.86. The first-order chi connectivity index (χ1) is 8.78. The van der Waals surface area contributed by atoms with Crippen molar-refractivity contribution in [2.24, 2.45) is 5.41 Å². The normalized spacial score (nSPS) is 24.3. The van der Waals surface area contributed by atoms with Gasteiger partial charge < -0.3 is 5.32 Å². The summed E-state index contributed by atoms with van der Waals surface area (Å²) in [5.41, 5.74) is -0.576. The SMILES string of the molecule is CN(Cc1nc(C(F)(F)F)cs1)CC1(C)CCNC1. The zero-order chi connectivity index (χ0) is 14.1. The van der Waals surface area contributed by atoms with Crippen LogP contribution in [0, 0.1) is 5.41 Å². The van der Waals surface area contributed by atoms with Crippen LogP contribution in [0.3, 0.4) is 0 Å². The minimum absolute atomic E-state index is 0.207. The number of halogens is 3. The summed E-state index contributed by atoms with van der Waals surface area (Å²) in [6.45, 7) is 5.51. The quantitative estimate of drug-likeness (QED) is 0.925. The highest BCUT2D eigenvalue weighted by Crippen LogP contribution is 2.31. The molecule has 2 heterocycles. The van der Waals surface area contributed by atoms with Crippen molar-refractivity contribution in [2.75, 3.05) is 26.7 Å². The van der Waals surface area contributed by atoms with Gasteiger partial charge in [0.2, 0.25) is 0 Å². The van der Waals surface area contributed by atoms with Crippen LogP contribution in [0.25, 0.3) is 0 Å². The van der Waals surface area contributed by atoms with E-state index in [1.54, 1.807) is 0 Å². The molecule has 1 unspecified atom stereocenters. The van der Waals surface area contributed by atoms with Crippen molar-refractivity contribution < 1.29 is 13.2 Å². The zero-order valence-corrected chi connectivity index (χ0v) is 11.9. The van der Waals surface area contributed by atoms with Gasteiger partial charge in [0.1, 0.15) is 5.01 Å². The van der Waals surface area contributed by atoms with E-state index in [0.29, 0.717) is 11.6 Å². The Morgan fingerprint density at radius 3 is 2.79 bits per heavy atom. The molecule has 2 rings (SSSR count). The molecule has 7 heteroatoms. The van der Waals surface area contributed by atoms with Gasteiger partial charge in [-0.25, -0.2) is 4.98 Å². The lowest BCUT2D eigenvalue weighted by Gasteiger charge is -2.28. The van der Waals surface area contributed by atoms with Crippen LogP contribution < -0.4 is 5.32 Å². The summed E-state index contributed by atoms with van der Waals surface area (Å²) in [6, 6.07) is 0. The van der Waals surface area contributed by atoms with Crippen LogP contribution in [0.2, 0.25) is 0 Å². The molecule has 1 aromatic rings. The van der Waals surface area contributed by atoms with E-state index in [1.807, 2.05) is 11.9 Å². The number of thiazole rings is 1. The van der Waals surface area contributed by atoms with E-state index in [4.69, 9.17) is 0 Å². The number of alkyl halides is 3. The van der Waals surface area contributed by atoms with Crippen LogP contribution in [0.15, 0.2) is 5.38 Å². The molecule has 19 heavy (non-hydrogen) atoms. The highest BCUT2D eigenvalue weighted by Gasteiger charge is 2.34. The lowest BCUT2D eigenvalue weighted by Crippen LogP contribution is -2.34. The molecule has 0 radical (unpaired) electrons. The number of hydrogen-bond acceptors (Lipinski definition) is 4. The Hall–Kier alpha value is -0.660. The molecule has 0 spiro atoms. The Bertz CT molecular complexity index is 424. The predicted molar refractivity (Wildman–Crippen MR) is 69.0 cm³/mol. The molecule has 0 amide bonds. The van der Waals surface area contributed by atoms with Crippen molar-refractivity contribution >= 4 is 11.3 Å². The Kier molecular flexibility index (Phi) is 4.17. The average molecular weight is 293 g/mol. The maximum atomic E-state index is 12.4. The smallest absolute Gasteiger partial charge is 0.316 e. The summed E-state index contributed by atoms with van der Waals surface area (Å²) in [4.78, 5) is 5.70. The van der Waals surface area contributed by atoms with Crippen molar-refractivity contribution in [1.82, 2.24) is 15.2 Å². The van der Waals surface area contributed by atoms with E-state index in [9.17, 15) is 13.2 Å². The summed E-state index contributed by atoms with van der Waals surface area (Å²) in [5, 5.41) is 4.92. The lowest BCUT2D eigenvalue weighted by atomic mass is 9.89. The summed E-state index contributed by atoms with van der Waals surface area (Å²) in [5.74, 6) is 0. The Morgan fingerprint density at radius 2 is 2.26 bits per heavy atom. The molecule has 1 saturated heterocycles. The van der Waals surface area contributed by atoms with Crippen LogP contribution >= 0.6 is 11.3 Å². The highest BCUT2D eigenvalue weighted by molar-refractivity contribution is 7.09. The molecule has 1 aromatic heterocycles. The molecule has 1 N–H and O–H groups in total. The maximum absolute atomic E-state index is 12.4. The molecule has 1 atom stereocenters. The second-order valence-corrected chi connectivity index (χ2v) is 6.48. The monoisotopic (exact) mass is 293 g/mol. The fourth-order valence-electron chi connectivity index (χ4n) is 2.46.